The Kier molecular flexibility index (Phi) is 4.02. The maximum absolute atomic E-state index is 8.89. The molecule has 1 aliphatic carbocycles. The molecule has 1 atom stereocenters. The second kappa shape index (κ2) is 4.83. The predicted octanol–water partition coefficient (Wildman–Crippen LogP) is 1.63. The van der Waals surface area contributed by atoms with E-state index in [0.29, 0.717) is 12.6 Å². The summed E-state index contributed by atoms with van der Waals surface area (Å²) in [5.74, 6) is 0. The van der Waals surface area contributed by atoms with Gasteiger partial charge in [-0.05, 0) is 26.2 Å². The summed E-state index contributed by atoms with van der Waals surface area (Å²) in [5, 5.41) is 8.89. The molecule has 1 fully saturated rings. The van der Waals surface area contributed by atoms with Crippen LogP contribution in [0.2, 0.25) is 0 Å². The Morgan fingerprint density at radius 2 is 2.17 bits per heavy atom. The molecule has 0 aliphatic heterocycles. The highest BCUT2D eigenvalue weighted by Gasteiger charge is 2.30. The van der Waals surface area contributed by atoms with Crippen molar-refractivity contribution in [3.05, 3.63) is 0 Å². The summed E-state index contributed by atoms with van der Waals surface area (Å²) < 4.78 is 0. The fourth-order valence-corrected chi connectivity index (χ4v) is 1.87. The van der Waals surface area contributed by atoms with E-state index in [-0.39, 0.29) is 0 Å². The fraction of sp³-hybridized carbons (Fsp3) is 1.00. The van der Waals surface area contributed by atoms with Gasteiger partial charge in [0.2, 0.25) is 0 Å². The van der Waals surface area contributed by atoms with E-state index < -0.39 is 0 Å². The van der Waals surface area contributed by atoms with Gasteiger partial charge in [-0.15, -0.1) is 0 Å². The lowest BCUT2D eigenvalue weighted by molar-refractivity contribution is 0.144. The topological polar surface area (TPSA) is 23.5 Å². The van der Waals surface area contributed by atoms with Crippen molar-refractivity contribution in [2.24, 2.45) is 0 Å². The molecular weight excluding hydrogens is 150 g/mol. The maximum atomic E-state index is 8.89. The SMILES string of the molecule is CCCC(C)N(CCO)C1CC1. The molecule has 0 spiro atoms. The standard InChI is InChI=1S/C10H21NO/c1-3-4-9(2)11(7-8-12)10-5-6-10/h9-10,12H,3-8H2,1-2H3. The molecule has 0 aromatic heterocycles. The van der Waals surface area contributed by atoms with Crippen molar-refractivity contribution < 1.29 is 5.11 Å². The zero-order chi connectivity index (χ0) is 8.97. The quantitative estimate of drug-likeness (QED) is 0.656. The van der Waals surface area contributed by atoms with E-state index in [1.165, 1.54) is 25.7 Å². The van der Waals surface area contributed by atoms with Crippen molar-refractivity contribution >= 4 is 0 Å². The van der Waals surface area contributed by atoms with Crippen LogP contribution in [0.25, 0.3) is 0 Å². The number of aliphatic hydroxyl groups excluding tert-OH is 1. The van der Waals surface area contributed by atoms with Crippen molar-refractivity contribution in [3.8, 4) is 0 Å². The fourth-order valence-electron chi connectivity index (χ4n) is 1.87. The molecule has 0 saturated heterocycles. The zero-order valence-electron chi connectivity index (χ0n) is 8.29. The van der Waals surface area contributed by atoms with Crippen molar-refractivity contribution in [2.45, 2.75) is 51.6 Å². The minimum atomic E-state index is 0.310. The van der Waals surface area contributed by atoms with Crippen LogP contribution in [-0.2, 0) is 0 Å². The van der Waals surface area contributed by atoms with Crippen LogP contribution in [0, 0.1) is 0 Å². The van der Waals surface area contributed by atoms with Gasteiger partial charge in [0.25, 0.3) is 0 Å². The van der Waals surface area contributed by atoms with Crippen LogP contribution in [0.5, 0.6) is 0 Å². The molecule has 0 radical (unpaired) electrons. The van der Waals surface area contributed by atoms with Gasteiger partial charge in [-0.3, -0.25) is 4.90 Å². The third kappa shape index (κ3) is 2.76. The smallest absolute Gasteiger partial charge is 0.0558 e. The van der Waals surface area contributed by atoms with E-state index in [9.17, 15) is 0 Å². The largest absolute Gasteiger partial charge is 0.395 e. The Labute approximate surface area is 75.6 Å². The number of hydrogen-bond donors (Lipinski definition) is 1. The molecule has 0 heterocycles. The van der Waals surface area contributed by atoms with E-state index in [1.54, 1.807) is 0 Å². The summed E-state index contributed by atoms with van der Waals surface area (Å²) in [4.78, 5) is 2.46. The van der Waals surface area contributed by atoms with Crippen molar-refractivity contribution in [1.82, 2.24) is 4.90 Å². The van der Waals surface area contributed by atoms with Crippen LogP contribution in [0.1, 0.15) is 39.5 Å². The van der Waals surface area contributed by atoms with Crippen LogP contribution < -0.4 is 0 Å². The first-order valence-corrected chi connectivity index (χ1v) is 5.16. The van der Waals surface area contributed by atoms with Crippen LogP contribution in [0.4, 0.5) is 0 Å². The first-order valence-electron chi connectivity index (χ1n) is 5.16. The van der Waals surface area contributed by atoms with Gasteiger partial charge in [0.05, 0.1) is 6.61 Å². The van der Waals surface area contributed by atoms with Crippen LogP contribution in [0.3, 0.4) is 0 Å². The lowest BCUT2D eigenvalue weighted by atomic mass is 10.1. The molecule has 0 amide bonds. The van der Waals surface area contributed by atoms with Gasteiger partial charge in [0.15, 0.2) is 0 Å². The number of rotatable bonds is 6. The molecule has 2 nitrogen and oxygen atoms in total. The molecule has 0 aromatic rings. The van der Waals surface area contributed by atoms with E-state index in [2.05, 4.69) is 18.7 Å². The second-order valence-corrected chi connectivity index (χ2v) is 3.83. The maximum Gasteiger partial charge on any atom is 0.0558 e. The zero-order valence-corrected chi connectivity index (χ0v) is 8.29. The summed E-state index contributed by atoms with van der Waals surface area (Å²) in [7, 11) is 0. The predicted molar refractivity (Wildman–Crippen MR) is 51.2 cm³/mol. The Bertz CT molecular complexity index is 123. The molecule has 1 N–H and O–H groups in total. The Morgan fingerprint density at radius 3 is 2.58 bits per heavy atom. The van der Waals surface area contributed by atoms with Gasteiger partial charge in [-0.2, -0.15) is 0 Å². The summed E-state index contributed by atoms with van der Waals surface area (Å²) in [6.45, 7) is 5.67. The Balaban J connectivity index is 2.29. The molecule has 0 bridgehead atoms. The van der Waals surface area contributed by atoms with Crippen LogP contribution in [-0.4, -0.2) is 35.2 Å². The highest BCUT2D eigenvalue weighted by molar-refractivity contribution is 4.87. The van der Waals surface area contributed by atoms with Gasteiger partial charge in [0.1, 0.15) is 0 Å². The third-order valence-electron chi connectivity index (χ3n) is 2.65. The molecule has 1 rings (SSSR count). The van der Waals surface area contributed by atoms with Gasteiger partial charge < -0.3 is 5.11 Å². The minimum Gasteiger partial charge on any atom is -0.395 e. The summed E-state index contributed by atoms with van der Waals surface area (Å²) in [5.41, 5.74) is 0. The molecular formula is C10H21NO. The van der Waals surface area contributed by atoms with Crippen molar-refractivity contribution in [1.29, 1.82) is 0 Å². The van der Waals surface area contributed by atoms with Crippen molar-refractivity contribution in [3.63, 3.8) is 0 Å². The molecule has 1 unspecified atom stereocenters. The number of aliphatic hydroxyl groups is 1. The first-order chi connectivity index (χ1) is 5.79. The lowest BCUT2D eigenvalue weighted by Crippen LogP contribution is -2.37. The van der Waals surface area contributed by atoms with Gasteiger partial charge >= 0.3 is 0 Å². The van der Waals surface area contributed by atoms with Gasteiger partial charge in [-0.1, -0.05) is 13.3 Å². The van der Waals surface area contributed by atoms with Crippen molar-refractivity contribution in [2.75, 3.05) is 13.2 Å². The third-order valence-corrected chi connectivity index (χ3v) is 2.65. The highest BCUT2D eigenvalue weighted by Crippen LogP contribution is 2.29. The molecule has 0 aromatic carbocycles. The van der Waals surface area contributed by atoms with Gasteiger partial charge in [-0.25, -0.2) is 0 Å². The molecule has 1 saturated carbocycles. The first kappa shape index (κ1) is 10.0. The summed E-state index contributed by atoms with van der Waals surface area (Å²) in [6.07, 6.45) is 5.19. The average Bonchev–Trinajstić information content (AvgIpc) is 2.83. The molecule has 72 valence electrons. The van der Waals surface area contributed by atoms with E-state index >= 15 is 0 Å². The highest BCUT2D eigenvalue weighted by atomic mass is 16.3. The average molecular weight is 171 g/mol. The molecule has 12 heavy (non-hydrogen) atoms. The Hall–Kier alpha value is -0.0800. The lowest BCUT2D eigenvalue weighted by Gasteiger charge is -2.28. The second-order valence-electron chi connectivity index (χ2n) is 3.83. The normalized spacial score (nSPS) is 20.0. The number of hydrogen-bond acceptors (Lipinski definition) is 2. The van der Waals surface area contributed by atoms with Crippen LogP contribution >= 0.6 is 0 Å². The van der Waals surface area contributed by atoms with Gasteiger partial charge in [0, 0.05) is 18.6 Å². The summed E-state index contributed by atoms with van der Waals surface area (Å²) >= 11 is 0. The summed E-state index contributed by atoms with van der Waals surface area (Å²) in [6, 6.07) is 1.45. The molecule has 2 heteroatoms. The van der Waals surface area contributed by atoms with Crippen LogP contribution in [0.15, 0.2) is 0 Å². The Morgan fingerprint density at radius 1 is 1.50 bits per heavy atom. The van der Waals surface area contributed by atoms with E-state index in [0.717, 1.165) is 12.6 Å². The molecule has 1 aliphatic rings. The number of nitrogens with zero attached hydrogens (tertiary/aromatic N) is 1. The van der Waals surface area contributed by atoms with E-state index in [4.69, 9.17) is 5.11 Å². The monoisotopic (exact) mass is 171 g/mol. The van der Waals surface area contributed by atoms with E-state index in [1.807, 2.05) is 0 Å². The minimum absolute atomic E-state index is 0.310.